The lowest BCUT2D eigenvalue weighted by Crippen LogP contribution is -2.52. The predicted octanol–water partition coefficient (Wildman–Crippen LogP) is 7.27. The number of nitrogens with zero attached hydrogens (tertiary/aromatic N) is 3. The van der Waals surface area contributed by atoms with Crippen LogP contribution in [0, 0.1) is 17.8 Å². The van der Waals surface area contributed by atoms with Gasteiger partial charge in [0.15, 0.2) is 12.0 Å². The lowest BCUT2D eigenvalue weighted by atomic mass is 9.53. The first-order valence-corrected chi connectivity index (χ1v) is 13.7. The van der Waals surface area contributed by atoms with E-state index in [1.165, 1.54) is 19.3 Å². The van der Waals surface area contributed by atoms with Crippen molar-refractivity contribution in [1.29, 1.82) is 0 Å². The van der Waals surface area contributed by atoms with E-state index < -0.39 is 0 Å². The third-order valence-corrected chi connectivity index (χ3v) is 9.02. The number of carbonyl (C=O) groups is 2. The third-order valence-electron chi connectivity index (χ3n) is 9.02. The zero-order valence-corrected chi connectivity index (χ0v) is 21.4. The summed E-state index contributed by atoms with van der Waals surface area (Å²) in [5, 5.41) is 5.13. The summed E-state index contributed by atoms with van der Waals surface area (Å²) in [7, 11) is 0. The van der Waals surface area contributed by atoms with Gasteiger partial charge in [0, 0.05) is 28.7 Å². The Morgan fingerprint density at radius 1 is 0.763 bits per heavy atom. The molecule has 4 aromatic rings. The van der Waals surface area contributed by atoms with Crippen molar-refractivity contribution in [2.45, 2.75) is 44.1 Å². The van der Waals surface area contributed by atoms with Crippen LogP contribution in [0.2, 0.25) is 0 Å². The van der Waals surface area contributed by atoms with E-state index in [0.717, 1.165) is 65.8 Å². The van der Waals surface area contributed by atoms with Crippen LogP contribution >= 0.6 is 0 Å². The number of aromatic nitrogens is 2. The van der Waals surface area contributed by atoms with Crippen molar-refractivity contribution in [2.24, 2.45) is 17.8 Å². The zero-order chi connectivity index (χ0) is 25.7. The number of rotatable bonds is 6. The maximum absolute atomic E-state index is 14.5. The van der Waals surface area contributed by atoms with E-state index in [2.05, 4.69) is 10.9 Å². The highest BCUT2D eigenvalue weighted by Crippen LogP contribution is 2.59. The van der Waals surface area contributed by atoms with Crippen LogP contribution in [0.5, 0.6) is 0 Å². The Balaban J connectivity index is 1.40. The van der Waals surface area contributed by atoms with Crippen molar-refractivity contribution >= 4 is 23.6 Å². The molecule has 0 unspecified atom stereocenters. The van der Waals surface area contributed by atoms with Crippen molar-refractivity contribution in [2.75, 3.05) is 4.90 Å². The number of benzene rings is 3. The molecule has 1 aromatic heterocycles. The number of para-hydroxylation sites is 2. The van der Waals surface area contributed by atoms with Gasteiger partial charge in [0.25, 0.3) is 5.91 Å². The summed E-state index contributed by atoms with van der Waals surface area (Å²) in [6, 6.07) is 27.0. The van der Waals surface area contributed by atoms with Crippen LogP contribution in [0.4, 0.5) is 11.4 Å². The molecule has 4 saturated carbocycles. The van der Waals surface area contributed by atoms with Gasteiger partial charge >= 0.3 is 0 Å². The summed E-state index contributed by atoms with van der Waals surface area (Å²) in [5.41, 5.74) is 3.96. The first kappa shape index (κ1) is 23.2. The van der Waals surface area contributed by atoms with Crippen LogP contribution in [-0.4, -0.2) is 22.0 Å². The molecule has 1 heterocycles. The molecule has 4 aliphatic carbocycles. The Morgan fingerprint density at radius 2 is 1.29 bits per heavy atom. The van der Waals surface area contributed by atoms with Gasteiger partial charge in [0.05, 0.1) is 5.54 Å². The van der Waals surface area contributed by atoms with Gasteiger partial charge in [-0.3, -0.25) is 19.2 Å². The molecule has 0 saturated heterocycles. The van der Waals surface area contributed by atoms with Crippen molar-refractivity contribution in [3.63, 3.8) is 0 Å². The number of aldehydes is 1. The van der Waals surface area contributed by atoms with E-state index in [1.807, 2.05) is 84.9 Å². The topological polar surface area (TPSA) is 55.2 Å². The summed E-state index contributed by atoms with van der Waals surface area (Å²) in [5.74, 6) is 2.06. The maximum Gasteiger partial charge on any atom is 0.283 e. The summed E-state index contributed by atoms with van der Waals surface area (Å²) in [4.78, 5) is 28.3. The minimum absolute atomic E-state index is 0.0392. The molecular formula is C33H31N3O2. The Hall–Kier alpha value is -3.99. The van der Waals surface area contributed by atoms with Gasteiger partial charge in [-0.05, 0) is 86.1 Å². The number of amides is 1. The molecule has 190 valence electrons. The molecule has 38 heavy (non-hydrogen) atoms. The molecule has 5 nitrogen and oxygen atoms in total. The van der Waals surface area contributed by atoms with Gasteiger partial charge in [-0.15, -0.1) is 0 Å². The van der Waals surface area contributed by atoms with Crippen LogP contribution < -0.4 is 4.90 Å². The molecular weight excluding hydrogens is 470 g/mol. The van der Waals surface area contributed by atoms with Crippen LogP contribution in [0.15, 0.2) is 91.1 Å². The Kier molecular flexibility index (Phi) is 5.54. The van der Waals surface area contributed by atoms with Gasteiger partial charge in [-0.25, -0.2) is 0 Å². The average Bonchev–Trinajstić information content (AvgIpc) is 3.40. The average molecular weight is 502 g/mol. The highest BCUT2D eigenvalue weighted by atomic mass is 16.2. The van der Waals surface area contributed by atoms with E-state index in [1.54, 1.807) is 4.90 Å². The standard InChI is InChI=1S/C33H31N3O2/c37-22-26-9-7-8-14-29(26)30-21-35(33-18-23-15-24(19-33)17-25(16-23)20-33)34-31(30)32(38)36(27-10-3-1-4-11-27)28-12-5-2-6-13-28/h1-14,21-25H,15-20H2. The quantitative estimate of drug-likeness (QED) is 0.261. The molecule has 0 spiro atoms. The molecule has 5 heteroatoms. The molecule has 4 aliphatic rings. The number of hydrogen-bond acceptors (Lipinski definition) is 3. The highest BCUT2D eigenvalue weighted by Gasteiger charge is 2.52. The summed E-state index contributed by atoms with van der Waals surface area (Å²) in [6.07, 6.45) is 10.3. The zero-order valence-electron chi connectivity index (χ0n) is 21.4. The highest BCUT2D eigenvalue weighted by molar-refractivity contribution is 6.13. The van der Waals surface area contributed by atoms with E-state index >= 15 is 0 Å². The monoisotopic (exact) mass is 501 g/mol. The molecule has 3 aromatic carbocycles. The Morgan fingerprint density at radius 3 is 1.84 bits per heavy atom. The smallest absolute Gasteiger partial charge is 0.283 e. The molecule has 1 amide bonds. The van der Waals surface area contributed by atoms with Gasteiger partial charge in [0.1, 0.15) is 0 Å². The third kappa shape index (κ3) is 3.80. The van der Waals surface area contributed by atoms with Crippen LogP contribution in [0.3, 0.4) is 0 Å². The first-order chi connectivity index (χ1) is 18.6. The largest absolute Gasteiger partial charge is 0.298 e. The van der Waals surface area contributed by atoms with Crippen molar-refractivity contribution in [3.8, 4) is 11.1 Å². The normalized spacial score (nSPS) is 25.3. The molecule has 0 aliphatic heterocycles. The number of anilines is 2. The summed E-state index contributed by atoms with van der Waals surface area (Å²) in [6.45, 7) is 0. The minimum atomic E-state index is -0.193. The first-order valence-electron chi connectivity index (χ1n) is 13.7. The molecule has 0 N–H and O–H groups in total. The Labute approximate surface area is 223 Å². The molecule has 0 atom stereocenters. The minimum Gasteiger partial charge on any atom is -0.298 e. The second-order valence-corrected chi connectivity index (χ2v) is 11.5. The second-order valence-electron chi connectivity index (χ2n) is 11.5. The SMILES string of the molecule is O=Cc1ccccc1-c1cn(C23CC4CC(CC(C4)C2)C3)nc1C(=O)N(c1ccccc1)c1ccccc1. The molecule has 4 fully saturated rings. The molecule has 4 bridgehead atoms. The van der Waals surface area contributed by atoms with E-state index in [-0.39, 0.29) is 11.4 Å². The van der Waals surface area contributed by atoms with Crippen LogP contribution in [0.1, 0.15) is 59.4 Å². The summed E-state index contributed by atoms with van der Waals surface area (Å²) < 4.78 is 2.13. The maximum atomic E-state index is 14.5. The van der Waals surface area contributed by atoms with Crippen molar-refractivity contribution < 1.29 is 9.59 Å². The van der Waals surface area contributed by atoms with Gasteiger partial charge in [0.2, 0.25) is 0 Å². The van der Waals surface area contributed by atoms with Crippen molar-refractivity contribution in [3.05, 3.63) is 102 Å². The predicted molar refractivity (Wildman–Crippen MR) is 149 cm³/mol. The fraction of sp³-hybridized carbons (Fsp3) is 0.303. The van der Waals surface area contributed by atoms with Crippen LogP contribution in [0.25, 0.3) is 11.1 Å². The van der Waals surface area contributed by atoms with Crippen molar-refractivity contribution in [1.82, 2.24) is 9.78 Å². The fourth-order valence-electron chi connectivity index (χ4n) is 7.81. The van der Waals surface area contributed by atoms with E-state index in [0.29, 0.717) is 11.3 Å². The lowest BCUT2D eigenvalue weighted by Gasteiger charge is -2.56. The fourth-order valence-corrected chi connectivity index (χ4v) is 7.81. The molecule has 0 radical (unpaired) electrons. The van der Waals surface area contributed by atoms with Crippen LogP contribution in [-0.2, 0) is 5.54 Å². The van der Waals surface area contributed by atoms with Gasteiger partial charge in [-0.1, -0.05) is 60.7 Å². The van der Waals surface area contributed by atoms with Gasteiger partial charge in [-0.2, -0.15) is 5.10 Å². The lowest BCUT2D eigenvalue weighted by molar-refractivity contribution is -0.0494. The number of hydrogen-bond donors (Lipinski definition) is 0. The second kappa shape index (κ2) is 9.09. The summed E-state index contributed by atoms with van der Waals surface area (Å²) >= 11 is 0. The molecule has 8 rings (SSSR count). The van der Waals surface area contributed by atoms with Gasteiger partial charge < -0.3 is 0 Å². The van der Waals surface area contributed by atoms with E-state index in [4.69, 9.17) is 5.10 Å². The Bertz CT molecular complexity index is 1420. The number of carbonyl (C=O) groups excluding carboxylic acids is 2. The van der Waals surface area contributed by atoms with E-state index in [9.17, 15) is 9.59 Å².